The smallest absolute Gasteiger partial charge is 0.217 e. The molecule has 2 fully saturated rings. The zero-order chi connectivity index (χ0) is 12.3. The van der Waals surface area contributed by atoms with E-state index in [1.165, 1.54) is 12.8 Å². The molecule has 0 radical (unpaired) electrons. The summed E-state index contributed by atoms with van der Waals surface area (Å²) in [6.07, 6.45) is 6.04. The van der Waals surface area contributed by atoms with Crippen molar-refractivity contribution in [1.82, 2.24) is 4.90 Å². The van der Waals surface area contributed by atoms with Crippen LogP contribution in [0.2, 0.25) is 0 Å². The Kier molecular flexibility index (Phi) is 4.40. The number of hydrogen-bond acceptors (Lipinski definition) is 3. The molecular weight excluding hydrogens is 216 g/mol. The third kappa shape index (κ3) is 3.96. The predicted octanol–water partition coefficient (Wildman–Crippen LogP) is 1.14. The highest BCUT2D eigenvalue weighted by molar-refractivity contribution is 5.73. The first-order valence-corrected chi connectivity index (χ1v) is 6.79. The van der Waals surface area contributed by atoms with Gasteiger partial charge in [-0.3, -0.25) is 9.69 Å². The lowest BCUT2D eigenvalue weighted by atomic mass is 10.0. The number of carbonyl (C=O) groups is 1. The normalized spacial score (nSPS) is 30.4. The van der Waals surface area contributed by atoms with Crippen molar-refractivity contribution in [1.29, 1.82) is 0 Å². The van der Waals surface area contributed by atoms with Gasteiger partial charge in [-0.05, 0) is 38.1 Å². The van der Waals surface area contributed by atoms with Crippen molar-refractivity contribution in [2.24, 2.45) is 11.7 Å². The van der Waals surface area contributed by atoms with Crippen molar-refractivity contribution in [3.8, 4) is 0 Å². The van der Waals surface area contributed by atoms with E-state index in [0.717, 1.165) is 32.5 Å². The molecule has 2 aliphatic heterocycles. The molecule has 0 aliphatic carbocycles. The summed E-state index contributed by atoms with van der Waals surface area (Å²) < 4.78 is 5.81. The van der Waals surface area contributed by atoms with Crippen LogP contribution >= 0.6 is 0 Å². The molecule has 0 spiro atoms. The Morgan fingerprint density at radius 3 is 2.59 bits per heavy atom. The molecule has 0 aromatic rings. The van der Waals surface area contributed by atoms with Crippen molar-refractivity contribution < 1.29 is 9.53 Å². The molecule has 4 nitrogen and oxygen atoms in total. The highest BCUT2D eigenvalue weighted by atomic mass is 16.5. The van der Waals surface area contributed by atoms with Crippen LogP contribution in [-0.4, -0.2) is 42.6 Å². The number of ether oxygens (including phenoxy) is 1. The fourth-order valence-corrected chi connectivity index (χ4v) is 2.82. The van der Waals surface area contributed by atoms with E-state index in [9.17, 15) is 4.79 Å². The van der Waals surface area contributed by atoms with E-state index in [4.69, 9.17) is 10.5 Å². The van der Waals surface area contributed by atoms with Crippen molar-refractivity contribution in [3.05, 3.63) is 0 Å². The molecule has 17 heavy (non-hydrogen) atoms. The van der Waals surface area contributed by atoms with Crippen LogP contribution in [-0.2, 0) is 9.53 Å². The lowest BCUT2D eigenvalue weighted by molar-refractivity contribution is -0.118. The van der Waals surface area contributed by atoms with Crippen LogP contribution < -0.4 is 5.73 Å². The zero-order valence-electron chi connectivity index (χ0n) is 10.7. The number of amides is 1. The number of morpholine rings is 1. The molecule has 0 aromatic heterocycles. The minimum absolute atomic E-state index is 0.179. The van der Waals surface area contributed by atoms with E-state index >= 15 is 0 Å². The number of nitrogens with two attached hydrogens (primary N) is 1. The summed E-state index contributed by atoms with van der Waals surface area (Å²) in [5.41, 5.74) is 5.16. The SMILES string of the molecule is CC(CCC(N)=O)CCN1CC2CCC(C1)O2. The second kappa shape index (κ2) is 5.83. The molecule has 2 heterocycles. The van der Waals surface area contributed by atoms with Crippen LogP contribution in [0.4, 0.5) is 0 Å². The van der Waals surface area contributed by atoms with Crippen LogP contribution in [0.25, 0.3) is 0 Å². The Balaban J connectivity index is 1.63. The lowest BCUT2D eigenvalue weighted by Gasteiger charge is -2.32. The van der Waals surface area contributed by atoms with Gasteiger partial charge in [0.25, 0.3) is 0 Å². The maximum Gasteiger partial charge on any atom is 0.217 e. The summed E-state index contributed by atoms with van der Waals surface area (Å²) in [5.74, 6) is 0.407. The summed E-state index contributed by atoms with van der Waals surface area (Å²) in [5, 5.41) is 0. The predicted molar refractivity (Wildman–Crippen MR) is 66.5 cm³/mol. The first kappa shape index (κ1) is 12.8. The Bertz CT molecular complexity index is 258. The van der Waals surface area contributed by atoms with Gasteiger partial charge < -0.3 is 10.5 Å². The standard InChI is InChI=1S/C13H24N2O2/c1-10(2-5-13(14)16)6-7-15-8-11-3-4-12(9-15)17-11/h10-12H,2-9H2,1H3,(H2,14,16). The van der Waals surface area contributed by atoms with Crippen LogP contribution in [0.5, 0.6) is 0 Å². The van der Waals surface area contributed by atoms with E-state index in [1.807, 2.05) is 0 Å². The first-order valence-electron chi connectivity index (χ1n) is 6.79. The monoisotopic (exact) mass is 240 g/mol. The Morgan fingerprint density at radius 1 is 1.35 bits per heavy atom. The second-order valence-corrected chi connectivity index (χ2v) is 5.62. The summed E-state index contributed by atoms with van der Waals surface area (Å²) >= 11 is 0. The zero-order valence-corrected chi connectivity index (χ0v) is 10.7. The quantitative estimate of drug-likeness (QED) is 0.757. The average molecular weight is 240 g/mol. The van der Waals surface area contributed by atoms with Crippen molar-refractivity contribution in [2.45, 2.75) is 51.2 Å². The number of likely N-dealkylation sites (tertiary alicyclic amines) is 1. The highest BCUT2D eigenvalue weighted by Crippen LogP contribution is 2.26. The number of fused-ring (bicyclic) bond motifs is 2. The van der Waals surface area contributed by atoms with Gasteiger partial charge in [0.2, 0.25) is 5.91 Å². The Labute approximate surface area is 103 Å². The summed E-state index contributed by atoms with van der Waals surface area (Å²) in [6.45, 7) is 5.53. The first-order chi connectivity index (χ1) is 8.13. The molecule has 2 aliphatic rings. The van der Waals surface area contributed by atoms with Gasteiger partial charge in [0.05, 0.1) is 12.2 Å². The molecule has 4 heteroatoms. The van der Waals surface area contributed by atoms with Gasteiger partial charge in [0.1, 0.15) is 0 Å². The van der Waals surface area contributed by atoms with E-state index in [-0.39, 0.29) is 5.91 Å². The van der Waals surface area contributed by atoms with Crippen molar-refractivity contribution in [2.75, 3.05) is 19.6 Å². The van der Waals surface area contributed by atoms with E-state index in [1.54, 1.807) is 0 Å². The molecule has 0 aromatic carbocycles. The molecule has 2 saturated heterocycles. The summed E-state index contributed by atoms with van der Waals surface area (Å²) in [7, 11) is 0. The van der Waals surface area contributed by atoms with Gasteiger partial charge in [-0.1, -0.05) is 6.92 Å². The molecule has 2 bridgehead atoms. The van der Waals surface area contributed by atoms with Crippen LogP contribution in [0, 0.1) is 5.92 Å². The van der Waals surface area contributed by atoms with Gasteiger partial charge in [-0.15, -0.1) is 0 Å². The minimum atomic E-state index is -0.179. The number of primary amides is 1. The van der Waals surface area contributed by atoms with Crippen LogP contribution in [0.3, 0.4) is 0 Å². The average Bonchev–Trinajstić information content (AvgIpc) is 2.63. The molecule has 2 N–H and O–H groups in total. The van der Waals surface area contributed by atoms with Gasteiger partial charge in [0, 0.05) is 19.5 Å². The number of rotatable bonds is 6. The van der Waals surface area contributed by atoms with E-state index in [2.05, 4.69) is 11.8 Å². The van der Waals surface area contributed by atoms with Gasteiger partial charge in [-0.25, -0.2) is 0 Å². The topological polar surface area (TPSA) is 55.6 Å². The largest absolute Gasteiger partial charge is 0.372 e. The lowest BCUT2D eigenvalue weighted by Crippen LogP contribution is -2.43. The fourth-order valence-electron chi connectivity index (χ4n) is 2.82. The van der Waals surface area contributed by atoms with Gasteiger partial charge in [0.15, 0.2) is 0 Å². The summed E-state index contributed by atoms with van der Waals surface area (Å²) in [6, 6.07) is 0. The van der Waals surface area contributed by atoms with Gasteiger partial charge >= 0.3 is 0 Å². The molecule has 3 unspecified atom stereocenters. The maximum absolute atomic E-state index is 10.7. The number of hydrogen-bond donors (Lipinski definition) is 1. The van der Waals surface area contributed by atoms with Crippen molar-refractivity contribution >= 4 is 5.91 Å². The maximum atomic E-state index is 10.7. The van der Waals surface area contributed by atoms with E-state index < -0.39 is 0 Å². The number of nitrogens with zero attached hydrogens (tertiary/aromatic N) is 1. The molecule has 98 valence electrons. The molecule has 2 rings (SSSR count). The Hall–Kier alpha value is -0.610. The van der Waals surface area contributed by atoms with Crippen LogP contribution in [0.1, 0.15) is 39.0 Å². The fraction of sp³-hybridized carbons (Fsp3) is 0.923. The molecule has 1 amide bonds. The highest BCUT2D eigenvalue weighted by Gasteiger charge is 2.33. The van der Waals surface area contributed by atoms with E-state index in [0.29, 0.717) is 24.5 Å². The molecular formula is C13H24N2O2. The van der Waals surface area contributed by atoms with Crippen molar-refractivity contribution in [3.63, 3.8) is 0 Å². The van der Waals surface area contributed by atoms with Crippen LogP contribution in [0.15, 0.2) is 0 Å². The Morgan fingerprint density at radius 2 is 2.00 bits per heavy atom. The summed E-state index contributed by atoms with van der Waals surface area (Å²) in [4.78, 5) is 13.2. The third-order valence-corrected chi connectivity index (χ3v) is 3.94. The van der Waals surface area contributed by atoms with Gasteiger partial charge in [-0.2, -0.15) is 0 Å². The minimum Gasteiger partial charge on any atom is -0.372 e. The third-order valence-electron chi connectivity index (χ3n) is 3.94. The molecule has 0 saturated carbocycles. The second-order valence-electron chi connectivity index (χ2n) is 5.62. The molecule has 3 atom stereocenters. The number of carbonyl (C=O) groups excluding carboxylic acids is 1.